The van der Waals surface area contributed by atoms with E-state index >= 15 is 0 Å². The molecule has 0 saturated carbocycles. The molecule has 1 aliphatic rings. The van der Waals surface area contributed by atoms with Crippen molar-refractivity contribution in [2.75, 3.05) is 18.5 Å². The zero-order valence-electron chi connectivity index (χ0n) is 16.4. The monoisotopic (exact) mass is 402 g/mol. The third-order valence-electron chi connectivity index (χ3n) is 4.91. The minimum absolute atomic E-state index is 0.00259. The Balaban J connectivity index is 1.63. The van der Waals surface area contributed by atoms with E-state index in [1.807, 2.05) is 36.4 Å². The minimum atomic E-state index is -0.00259. The number of benzene rings is 2. The van der Waals surface area contributed by atoms with E-state index in [0.717, 1.165) is 29.7 Å². The van der Waals surface area contributed by atoms with Gasteiger partial charge in [-0.3, -0.25) is 0 Å². The van der Waals surface area contributed by atoms with Gasteiger partial charge in [0.25, 0.3) is 0 Å². The molecule has 1 aromatic heterocycles. The molecule has 2 heterocycles. The Morgan fingerprint density at radius 1 is 1.13 bits per heavy atom. The van der Waals surface area contributed by atoms with Crippen molar-refractivity contribution in [3.63, 3.8) is 0 Å². The van der Waals surface area contributed by atoms with Crippen LogP contribution in [0.15, 0.2) is 54.7 Å². The predicted molar refractivity (Wildman–Crippen MR) is 112 cm³/mol. The number of nitriles is 1. The van der Waals surface area contributed by atoms with E-state index in [1.54, 1.807) is 18.3 Å². The molecule has 2 N–H and O–H groups in total. The highest BCUT2D eigenvalue weighted by atomic mass is 16.5. The topological polar surface area (TPSA) is 100 Å². The summed E-state index contributed by atoms with van der Waals surface area (Å²) in [4.78, 5) is 8.92. The summed E-state index contributed by atoms with van der Waals surface area (Å²) in [5, 5.41) is 21.9. The van der Waals surface area contributed by atoms with Crippen molar-refractivity contribution >= 4 is 11.6 Å². The van der Waals surface area contributed by atoms with Gasteiger partial charge < -0.3 is 19.9 Å². The number of aromatic nitrogens is 2. The lowest BCUT2D eigenvalue weighted by Gasteiger charge is -2.25. The highest BCUT2D eigenvalue weighted by Gasteiger charge is 2.20. The summed E-state index contributed by atoms with van der Waals surface area (Å²) in [7, 11) is 0. The first-order valence-corrected chi connectivity index (χ1v) is 9.84. The van der Waals surface area contributed by atoms with Crippen molar-refractivity contribution in [2.24, 2.45) is 0 Å². The predicted octanol–water partition coefficient (Wildman–Crippen LogP) is 3.81. The van der Waals surface area contributed by atoms with E-state index in [-0.39, 0.29) is 12.7 Å². The first kappa shape index (κ1) is 19.8. The summed E-state index contributed by atoms with van der Waals surface area (Å²) >= 11 is 0. The molecule has 1 saturated heterocycles. The van der Waals surface area contributed by atoms with Crippen LogP contribution in [0.3, 0.4) is 0 Å². The highest BCUT2D eigenvalue weighted by molar-refractivity contribution is 5.72. The number of anilines is 2. The molecule has 0 amide bonds. The number of aliphatic hydroxyl groups excluding tert-OH is 1. The fourth-order valence-electron chi connectivity index (χ4n) is 3.31. The molecule has 4 rings (SSSR count). The van der Waals surface area contributed by atoms with Crippen LogP contribution in [0.5, 0.6) is 5.75 Å². The van der Waals surface area contributed by atoms with E-state index in [4.69, 9.17) is 9.47 Å². The summed E-state index contributed by atoms with van der Waals surface area (Å²) < 4.78 is 11.6. The van der Waals surface area contributed by atoms with Gasteiger partial charge >= 0.3 is 0 Å². The number of aliphatic hydroxyl groups is 1. The van der Waals surface area contributed by atoms with E-state index < -0.39 is 0 Å². The van der Waals surface area contributed by atoms with Crippen LogP contribution < -0.4 is 10.1 Å². The fourth-order valence-corrected chi connectivity index (χ4v) is 3.31. The standard InChI is InChI=1S/C23H22N4O3/c24-14-17-2-1-3-20(22(17)30-19-9-12-29-13-10-19)21-8-11-25-23(27-21)26-18-6-4-16(15-28)5-7-18/h1-8,11,19,28H,9-10,12-13,15H2,(H,25,26,27). The molecule has 0 aliphatic carbocycles. The third kappa shape index (κ3) is 4.57. The quantitative estimate of drug-likeness (QED) is 0.647. The molecule has 7 nitrogen and oxygen atoms in total. The van der Waals surface area contributed by atoms with Crippen LogP contribution in [0.1, 0.15) is 24.0 Å². The van der Waals surface area contributed by atoms with Gasteiger partial charge in [-0.25, -0.2) is 9.97 Å². The Kier molecular flexibility index (Phi) is 6.18. The van der Waals surface area contributed by atoms with Gasteiger partial charge in [-0.05, 0) is 35.9 Å². The Morgan fingerprint density at radius 3 is 2.67 bits per heavy atom. The molecule has 0 bridgehead atoms. The first-order chi connectivity index (χ1) is 14.8. The molecular formula is C23H22N4O3. The largest absolute Gasteiger partial charge is 0.488 e. The van der Waals surface area contributed by atoms with Gasteiger partial charge in [0.15, 0.2) is 0 Å². The number of ether oxygens (including phenoxy) is 2. The molecule has 3 aromatic rings. The molecule has 1 fully saturated rings. The lowest BCUT2D eigenvalue weighted by atomic mass is 10.1. The average molecular weight is 402 g/mol. The first-order valence-electron chi connectivity index (χ1n) is 9.84. The summed E-state index contributed by atoms with van der Waals surface area (Å²) in [5.41, 5.74) is 3.54. The van der Waals surface area contributed by atoms with Crippen LogP contribution in [0.4, 0.5) is 11.6 Å². The van der Waals surface area contributed by atoms with E-state index in [2.05, 4.69) is 21.4 Å². The number of rotatable bonds is 6. The molecule has 0 spiro atoms. The normalized spacial score (nSPS) is 14.1. The van der Waals surface area contributed by atoms with Gasteiger partial charge in [0.05, 0.1) is 31.1 Å². The number of para-hydroxylation sites is 1. The molecule has 0 unspecified atom stereocenters. The van der Waals surface area contributed by atoms with Crippen LogP contribution in [0.2, 0.25) is 0 Å². The van der Waals surface area contributed by atoms with Gasteiger partial charge in [0.2, 0.25) is 5.95 Å². The fraction of sp³-hybridized carbons (Fsp3) is 0.261. The zero-order valence-corrected chi connectivity index (χ0v) is 16.4. The Hall–Kier alpha value is -3.47. The van der Waals surface area contributed by atoms with Crippen molar-refractivity contribution in [1.29, 1.82) is 5.26 Å². The molecule has 0 radical (unpaired) electrons. The van der Waals surface area contributed by atoms with Crippen LogP contribution >= 0.6 is 0 Å². The maximum absolute atomic E-state index is 9.59. The molecule has 0 atom stereocenters. The van der Waals surface area contributed by atoms with Crippen LogP contribution in [-0.4, -0.2) is 34.4 Å². The van der Waals surface area contributed by atoms with Crippen LogP contribution in [0, 0.1) is 11.3 Å². The third-order valence-corrected chi connectivity index (χ3v) is 4.91. The summed E-state index contributed by atoms with van der Waals surface area (Å²) in [6, 6.07) is 16.9. The second-order valence-electron chi connectivity index (χ2n) is 6.97. The van der Waals surface area contributed by atoms with E-state index in [0.29, 0.717) is 36.2 Å². The average Bonchev–Trinajstić information content (AvgIpc) is 2.80. The Morgan fingerprint density at radius 2 is 1.93 bits per heavy atom. The van der Waals surface area contributed by atoms with Crippen molar-refractivity contribution < 1.29 is 14.6 Å². The molecule has 2 aromatic carbocycles. The van der Waals surface area contributed by atoms with Crippen molar-refractivity contribution in [1.82, 2.24) is 9.97 Å². The molecule has 7 heteroatoms. The summed E-state index contributed by atoms with van der Waals surface area (Å²) in [6.07, 6.45) is 3.26. The number of hydrogen-bond donors (Lipinski definition) is 2. The molecule has 152 valence electrons. The smallest absolute Gasteiger partial charge is 0.227 e. The van der Waals surface area contributed by atoms with Crippen molar-refractivity contribution in [2.45, 2.75) is 25.6 Å². The number of nitrogens with zero attached hydrogens (tertiary/aromatic N) is 3. The second-order valence-corrected chi connectivity index (χ2v) is 6.97. The number of nitrogens with one attached hydrogen (secondary N) is 1. The molecule has 1 aliphatic heterocycles. The van der Waals surface area contributed by atoms with E-state index in [1.165, 1.54) is 0 Å². The molecule has 30 heavy (non-hydrogen) atoms. The highest BCUT2D eigenvalue weighted by Crippen LogP contribution is 2.34. The van der Waals surface area contributed by atoms with Crippen LogP contribution in [-0.2, 0) is 11.3 Å². The number of hydrogen-bond acceptors (Lipinski definition) is 7. The Labute approximate surface area is 174 Å². The maximum atomic E-state index is 9.59. The summed E-state index contributed by atoms with van der Waals surface area (Å²) in [6.45, 7) is 1.31. The van der Waals surface area contributed by atoms with Crippen LogP contribution in [0.25, 0.3) is 11.3 Å². The maximum Gasteiger partial charge on any atom is 0.227 e. The van der Waals surface area contributed by atoms with Gasteiger partial charge in [-0.15, -0.1) is 0 Å². The van der Waals surface area contributed by atoms with Gasteiger partial charge in [-0.2, -0.15) is 5.26 Å². The van der Waals surface area contributed by atoms with E-state index in [9.17, 15) is 10.4 Å². The summed E-state index contributed by atoms with van der Waals surface area (Å²) in [5.74, 6) is 0.979. The second kappa shape index (κ2) is 9.35. The van der Waals surface area contributed by atoms with Crippen molar-refractivity contribution in [3.8, 4) is 23.1 Å². The SMILES string of the molecule is N#Cc1cccc(-c2ccnc(Nc3ccc(CO)cc3)n2)c1OC1CCOCC1. The lowest BCUT2D eigenvalue weighted by Crippen LogP contribution is -2.26. The Bertz CT molecular complexity index is 1040. The minimum Gasteiger partial charge on any atom is -0.488 e. The molecular weight excluding hydrogens is 380 g/mol. The zero-order chi connectivity index (χ0) is 20.8. The van der Waals surface area contributed by atoms with Gasteiger partial charge in [0.1, 0.15) is 17.9 Å². The van der Waals surface area contributed by atoms with Gasteiger partial charge in [0, 0.05) is 30.3 Å². The van der Waals surface area contributed by atoms with Crippen molar-refractivity contribution in [3.05, 3.63) is 65.9 Å². The lowest BCUT2D eigenvalue weighted by molar-refractivity contribution is 0.0257. The van der Waals surface area contributed by atoms with Gasteiger partial charge in [-0.1, -0.05) is 18.2 Å².